The monoisotopic (exact) mass is 583 g/mol. The van der Waals surface area contributed by atoms with Crippen LogP contribution in [-0.2, 0) is 12.7 Å². The average molecular weight is 584 g/mol. The van der Waals surface area contributed by atoms with Gasteiger partial charge in [0.1, 0.15) is 11.8 Å². The first-order chi connectivity index (χ1) is 19.6. The molecule has 41 heavy (non-hydrogen) atoms. The highest BCUT2D eigenvalue weighted by Crippen LogP contribution is 2.33. The predicted octanol–water partition coefficient (Wildman–Crippen LogP) is 5.73. The third kappa shape index (κ3) is 5.65. The minimum Gasteiger partial charge on any atom is -0.497 e. The number of imidazole rings is 1. The van der Waals surface area contributed by atoms with E-state index in [1.54, 1.807) is 22.8 Å². The molecular formula is C29H25ClF3N5O3. The number of carbonyl (C=O) groups excluding carboxylic acids is 1. The van der Waals surface area contributed by atoms with E-state index in [2.05, 4.69) is 16.4 Å². The number of alkyl halides is 3. The minimum atomic E-state index is -4.79. The summed E-state index contributed by atoms with van der Waals surface area (Å²) in [5, 5.41) is 12.3. The number of carbonyl (C=O) groups is 1. The number of nitriles is 1. The van der Waals surface area contributed by atoms with Crippen LogP contribution in [0.4, 0.5) is 13.2 Å². The van der Waals surface area contributed by atoms with Gasteiger partial charge in [0.15, 0.2) is 5.69 Å². The maximum absolute atomic E-state index is 13.7. The summed E-state index contributed by atoms with van der Waals surface area (Å²) < 4.78 is 48.6. The number of para-hydroxylation sites is 2. The van der Waals surface area contributed by atoms with Gasteiger partial charge in [-0.15, -0.1) is 0 Å². The molecule has 1 amide bonds. The van der Waals surface area contributed by atoms with Gasteiger partial charge >= 0.3 is 11.9 Å². The lowest BCUT2D eigenvalue weighted by atomic mass is 9.85. The number of nitrogens with one attached hydrogen (secondary N) is 1. The summed E-state index contributed by atoms with van der Waals surface area (Å²) in [6.45, 7) is 0.412. The Morgan fingerprint density at radius 3 is 2.51 bits per heavy atom. The van der Waals surface area contributed by atoms with Crippen LogP contribution in [0.3, 0.4) is 0 Å². The highest BCUT2D eigenvalue weighted by atomic mass is 35.5. The van der Waals surface area contributed by atoms with Crippen molar-refractivity contribution in [3.63, 3.8) is 0 Å². The maximum Gasteiger partial charge on any atom is 0.434 e. The van der Waals surface area contributed by atoms with E-state index in [0.717, 1.165) is 12.3 Å². The Hall–Kier alpha value is -4.30. The van der Waals surface area contributed by atoms with Gasteiger partial charge < -0.3 is 10.1 Å². The lowest BCUT2D eigenvalue weighted by Crippen LogP contribution is -2.39. The third-order valence-corrected chi connectivity index (χ3v) is 7.60. The van der Waals surface area contributed by atoms with Crippen molar-refractivity contribution in [1.82, 2.24) is 19.4 Å². The molecule has 8 nitrogen and oxygen atoms in total. The van der Waals surface area contributed by atoms with Gasteiger partial charge in [0.25, 0.3) is 5.91 Å². The SMILES string of the molecule is COc1ccc(C#N)c(-n2c(=O)n(CC3CCC(NC(=O)c4cc(Cl)cnc4C(F)(F)F)CC3)c3ccccc32)c1. The molecule has 0 radical (unpaired) electrons. The topological polar surface area (TPSA) is 102 Å². The summed E-state index contributed by atoms with van der Waals surface area (Å²) in [6.07, 6.45) is -1.55. The zero-order valence-corrected chi connectivity index (χ0v) is 22.7. The average Bonchev–Trinajstić information content (AvgIpc) is 3.23. The van der Waals surface area contributed by atoms with Gasteiger partial charge in [-0.1, -0.05) is 23.7 Å². The summed E-state index contributed by atoms with van der Waals surface area (Å²) in [6, 6.07) is 15.0. The van der Waals surface area contributed by atoms with E-state index in [9.17, 15) is 28.0 Å². The first-order valence-electron chi connectivity index (χ1n) is 12.9. The van der Waals surface area contributed by atoms with Crippen LogP contribution in [0.25, 0.3) is 16.7 Å². The molecule has 1 N–H and O–H groups in total. The van der Waals surface area contributed by atoms with E-state index in [4.69, 9.17) is 16.3 Å². The number of benzene rings is 2. The van der Waals surface area contributed by atoms with Crippen molar-refractivity contribution in [2.24, 2.45) is 5.92 Å². The Labute approximate surface area is 237 Å². The Morgan fingerprint density at radius 1 is 1.15 bits per heavy atom. The van der Waals surface area contributed by atoms with Crippen LogP contribution in [0.15, 0.2) is 59.5 Å². The zero-order valence-electron chi connectivity index (χ0n) is 21.9. The van der Waals surface area contributed by atoms with Crippen molar-refractivity contribution in [3.05, 3.63) is 87.1 Å². The van der Waals surface area contributed by atoms with Gasteiger partial charge in [0.05, 0.1) is 40.0 Å². The Morgan fingerprint density at radius 2 is 1.85 bits per heavy atom. The van der Waals surface area contributed by atoms with E-state index < -0.39 is 23.3 Å². The van der Waals surface area contributed by atoms with E-state index in [1.807, 2.05) is 24.3 Å². The molecule has 0 spiro atoms. The van der Waals surface area contributed by atoms with Crippen LogP contribution < -0.4 is 15.7 Å². The number of hydrogen-bond acceptors (Lipinski definition) is 5. The summed E-state index contributed by atoms with van der Waals surface area (Å²) in [4.78, 5) is 29.8. The largest absolute Gasteiger partial charge is 0.497 e. The van der Waals surface area contributed by atoms with Crippen LogP contribution in [0.2, 0.25) is 5.02 Å². The molecule has 5 rings (SSSR count). The molecule has 2 heterocycles. The maximum atomic E-state index is 13.7. The van der Waals surface area contributed by atoms with Crippen LogP contribution in [-0.4, -0.2) is 33.2 Å². The molecule has 0 bridgehead atoms. The minimum absolute atomic E-state index is 0.0627. The first-order valence-corrected chi connectivity index (χ1v) is 13.3. The van der Waals surface area contributed by atoms with Gasteiger partial charge in [-0.2, -0.15) is 18.4 Å². The highest BCUT2D eigenvalue weighted by molar-refractivity contribution is 6.30. The molecule has 0 aliphatic heterocycles. The second-order valence-electron chi connectivity index (χ2n) is 9.95. The van der Waals surface area contributed by atoms with Crippen molar-refractivity contribution in [1.29, 1.82) is 5.26 Å². The Balaban J connectivity index is 1.34. The van der Waals surface area contributed by atoms with E-state index >= 15 is 0 Å². The molecule has 0 atom stereocenters. The van der Waals surface area contributed by atoms with E-state index in [0.29, 0.717) is 60.3 Å². The number of amides is 1. The molecule has 1 fully saturated rings. The molecule has 2 aromatic heterocycles. The second kappa shape index (κ2) is 11.3. The number of pyridine rings is 1. The second-order valence-corrected chi connectivity index (χ2v) is 10.4. The standard InChI is InChI=1S/C29H25ClF3N5O3/c1-41-21-11-8-18(14-34)25(13-21)38-24-5-3-2-4-23(24)37(28(38)40)16-17-6-9-20(10-7-17)36-27(39)22-12-19(30)15-35-26(22)29(31,32)33/h2-5,8,11-13,15,17,20H,6-7,9-10,16H2,1H3,(H,36,39). The van der Waals surface area contributed by atoms with Gasteiger partial charge in [0.2, 0.25) is 0 Å². The fourth-order valence-corrected chi connectivity index (χ4v) is 5.54. The van der Waals surface area contributed by atoms with Crippen LogP contribution in [0.1, 0.15) is 47.3 Å². The van der Waals surface area contributed by atoms with Crippen molar-refractivity contribution < 1.29 is 22.7 Å². The van der Waals surface area contributed by atoms with Crippen molar-refractivity contribution in [3.8, 4) is 17.5 Å². The van der Waals surface area contributed by atoms with Gasteiger partial charge in [-0.05, 0) is 61.9 Å². The molecular weight excluding hydrogens is 559 g/mol. The quantitative estimate of drug-likeness (QED) is 0.312. The molecule has 1 aliphatic carbocycles. The number of hydrogen-bond donors (Lipinski definition) is 1. The van der Waals surface area contributed by atoms with Crippen molar-refractivity contribution >= 4 is 28.5 Å². The summed E-state index contributed by atoms with van der Waals surface area (Å²) >= 11 is 5.82. The van der Waals surface area contributed by atoms with Crippen LogP contribution in [0, 0.1) is 17.2 Å². The molecule has 212 valence electrons. The number of aromatic nitrogens is 3. The number of fused-ring (bicyclic) bond motifs is 1. The molecule has 0 saturated heterocycles. The summed E-state index contributed by atoms with van der Waals surface area (Å²) in [5.74, 6) is -0.264. The zero-order chi connectivity index (χ0) is 29.3. The first kappa shape index (κ1) is 28.2. The lowest BCUT2D eigenvalue weighted by Gasteiger charge is -2.29. The molecule has 2 aromatic carbocycles. The predicted molar refractivity (Wildman–Crippen MR) is 146 cm³/mol. The number of ether oxygens (including phenoxy) is 1. The van der Waals surface area contributed by atoms with E-state index in [1.165, 1.54) is 11.7 Å². The fraction of sp³-hybridized carbons (Fsp3) is 0.310. The number of rotatable bonds is 6. The van der Waals surface area contributed by atoms with Gasteiger partial charge in [-0.3, -0.25) is 13.9 Å². The van der Waals surface area contributed by atoms with Gasteiger partial charge in [0, 0.05) is 24.8 Å². The van der Waals surface area contributed by atoms with Crippen molar-refractivity contribution in [2.75, 3.05) is 7.11 Å². The molecule has 1 aliphatic rings. The smallest absolute Gasteiger partial charge is 0.434 e. The van der Waals surface area contributed by atoms with Crippen LogP contribution >= 0.6 is 11.6 Å². The normalized spacial score (nSPS) is 17.3. The fourth-order valence-electron chi connectivity index (χ4n) is 5.38. The number of halogens is 4. The molecule has 1 saturated carbocycles. The van der Waals surface area contributed by atoms with E-state index in [-0.39, 0.29) is 22.7 Å². The Bertz CT molecular complexity index is 1720. The summed E-state index contributed by atoms with van der Waals surface area (Å²) in [5.41, 5.74) is -0.0612. The molecule has 0 unspecified atom stereocenters. The third-order valence-electron chi connectivity index (χ3n) is 7.39. The molecule has 12 heteroatoms. The number of methoxy groups -OCH3 is 1. The molecule has 4 aromatic rings. The lowest BCUT2D eigenvalue weighted by molar-refractivity contribution is -0.141. The van der Waals surface area contributed by atoms with Gasteiger partial charge in [-0.25, -0.2) is 9.78 Å². The Kier molecular flexibility index (Phi) is 7.78. The number of nitrogens with zero attached hydrogens (tertiary/aromatic N) is 4. The van der Waals surface area contributed by atoms with Crippen molar-refractivity contribution in [2.45, 2.75) is 44.4 Å². The highest BCUT2D eigenvalue weighted by Gasteiger charge is 2.38. The summed E-state index contributed by atoms with van der Waals surface area (Å²) in [7, 11) is 1.51. The van der Waals surface area contributed by atoms with Crippen LogP contribution in [0.5, 0.6) is 5.75 Å².